The molecule has 3 atom stereocenters. The lowest BCUT2D eigenvalue weighted by atomic mass is 10.0. The van der Waals surface area contributed by atoms with Crippen LogP contribution in [0, 0.1) is 11.8 Å². The fourth-order valence-corrected chi connectivity index (χ4v) is 2.51. The smallest absolute Gasteiger partial charge is 0.224 e. The van der Waals surface area contributed by atoms with Crippen molar-refractivity contribution in [2.45, 2.75) is 31.8 Å². The molecule has 1 amide bonds. The van der Waals surface area contributed by atoms with Crippen molar-refractivity contribution in [3.63, 3.8) is 0 Å². The van der Waals surface area contributed by atoms with Crippen molar-refractivity contribution in [1.82, 2.24) is 10.6 Å². The number of aliphatic hydroxyl groups is 1. The average molecular weight is 249 g/mol. The highest BCUT2D eigenvalue weighted by molar-refractivity contribution is 5.85. The van der Waals surface area contributed by atoms with Gasteiger partial charge in [-0.2, -0.15) is 0 Å². The third-order valence-electron chi connectivity index (χ3n) is 3.59. The van der Waals surface area contributed by atoms with Crippen LogP contribution in [0.1, 0.15) is 25.7 Å². The number of halogens is 1. The third kappa shape index (κ3) is 3.34. The molecule has 0 spiro atoms. The lowest BCUT2D eigenvalue weighted by Crippen LogP contribution is -2.37. The van der Waals surface area contributed by atoms with Crippen molar-refractivity contribution >= 4 is 18.3 Å². The van der Waals surface area contributed by atoms with E-state index in [0.29, 0.717) is 6.54 Å². The summed E-state index contributed by atoms with van der Waals surface area (Å²) in [6.45, 7) is 2.40. The van der Waals surface area contributed by atoms with Crippen LogP contribution < -0.4 is 10.6 Å². The molecule has 2 fully saturated rings. The molecule has 0 aromatic rings. The number of hydrogen-bond donors (Lipinski definition) is 3. The molecule has 1 aliphatic heterocycles. The van der Waals surface area contributed by atoms with E-state index in [1.165, 1.54) is 0 Å². The minimum Gasteiger partial charge on any atom is -0.393 e. The Morgan fingerprint density at radius 2 is 2.19 bits per heavy atom. The van der Waals surface area contributed by atoms with E-state index in [0.717, 1.165) is 38.8 Å². The summed E-state index contributed by atoms with van der Waals surface area (Å²) in [5.74, 6) is 0.575. The highest BCUT2D eigenvalue weighted by Crippen LogP contribution is 2.24. The zero-order valence-corrected chi connectivity index (χ0v) is 10.3. The van der Waals surface area contributed by atoms with Crippen molar-refractivity contribution in [1.29, 1.82) is 0 Å². The van der Waals surface area contributed by atoms with Crippen molar-refractivity contribution < 1.29 is 9.90 Å². The van der Waals surface area contributed by atoms with Gasteiger partial charge in [-0.05, 0) is 25.8 Å². The van der Waals surface area contributed by atoms with E-state index in [2.05, 4.69) is 10.6 Å². The van der Waals surface area contributed by atoms with E-state index in [1.54, 1.807) is 0 Å². The molecule has 0 radical (unpaired) electrons. The van der Waals surface area contributed by atoms with Gasteiger partial charge in [-0.15, -0.1) is 12.4 Å². The molecule has 1 saturated heterocycles. The summed E-state index contributed by atoms with van der Waals surface area (Å²) < 4.78 is 0. The second kappa shape index (κ2) is 6.42. The Labute approximate surface area is 103 Å². The summed E-state index contributed by atoms with van der Waals surface area (Å²) in [6, 6.07) is 0. The van der Waals surface area contributed by atoms with Gasteiger partial charge in [0.25, 0.3) is 0 Å². The standard InChI is InChI=1S/C11H20N2O2.ClH/c14-10-3-1-2-8(10)7-13-11(15)9-4-5-12-6-9;/h8-10,12,14H,1-7H2,(H,13,15);1H/t8?,9-,10?;/m0./s1. The minimum absolute atomic E-state index is 0. The van der Waals surface area contributed by atoms with Crippen LogP contribution >= 0.6 is 12.4 Å². The van der Waals surface area contributed by atoms with Gasteiger partial charge in [0.05, 0.1) is 12.0 Å². The summed E-state index contributed by atoms with van der Waals surface area (Å²) >= 11 is 0. The number of aliphatic hydroxyl groups excluding tert-OH is 1. The van der Waals surface area contributed by atoms with Gasteiger partial charge in [0.2, 0.25) is 5.91 Å². The first-order chi connectivity index (χ1) is 7.27. The summed E-state index contributed by atoms with van der Waals surface area (Å²) in [4.78, 5) is 11.7. The van der Waals surface area contributed by atoms with Crippen LogP contribution in [-0.4, -0.2) is 36.8 Å². The first-order valence-corrected chi connectivity index (χ1v) is 5.94. The van der Waals surface area contributed by atoms with Gasteiger partial charge in [-0.1, -0.05) is 6.42 Å². The van der Waals surface area contributed by atoms with Crippen LogP contribution in [0.2, 0.25) is 0 Å². The number of nitrogens with one attached hydrogen (secondary N) is 2. The van der Waals surface area contributed by atoms with Gasteiger partial charge in [0.1, 0.15) is 0 Å². The molecule has 1 saturated carbocycles. The molecule has 2 rings (SSSR count). The van der Waals surface area contributed by atoms with Crippen LogP contribution in [0.4, 0.5) is 0 Å². The van der Waals surface area contributed by atoms with Crippen LogP contribution in [0.25, 0.3) is 0 Å². The van der Waals surface area contributed by atoms with E-state index >= 15 is 0 Å². The molecule has 4 nitrogen and oxygen atoms in total. The van der Waals surface area contributed by atoms with Gasteiger partial charge in [0.15, 0.2) is 0 Å². The molecule has 5 heteroatoms. The quantitative estimate of drug-likeness (QED) is 0.673. The fourth-order valence-electron chi connectivity index (χ4n) is 2.51. The Balaban J connectivity index is 0.00000128. The minimum atomic E-state index is -0.202. The van der Waals surface area contributed by atoms with E-state index in [-0.39, 0.29) is 36.3 Å². The zero-order valence-electron chi connectivity index (χ0n) is 9.45. The van der Waals surface area contributed by atoms with Crippen molar-refractivity contribution in [2.24, 2.45) is 11.8 Å². The first kappa shape index (κ1) is 13.7. The van der Waals surface area contributed by atoms with Crippen LogP contribution in [0.3, 0.4) is 0 Å². The van der Waals surface area contributed by atoms with Crippen molar-refractivity contribution in [3.8, 4) is 0 Å². The maximum Gasteiger partial charge on any atom is 0.224 e. The normalized spacial score (nSPS) is 33.4. The van der Waals surface area contributed by atoms with E-state index < -0.39 is 0 Å². The molecule has 16 heavy (non-hydrogen) atoms. The number of hydrogen-bond acceptors (Lipinski definition) is 3. The lowest BCUT2D eigenvalue weighted by molar-refractivity contribution is -0.124. The third-order valence-corrected chi connectivity index (χ3v) is 3.59. The van der Waals surface area contributed by atoms with E-state index in [1.807, 2.05) is 0 Å². The maximum atomic E-state index is 11.7. The summed E-state index contributed by atoms with van der Waals surface area (Å²) in [5, 5.41) is 15.7. The molecule has 0 aromatic carbocycles. The Morgan fingerprint density at radius 3 is 2.75 bits per heavy atom. The average Bonchev–Trinajstić information content (AvgIpc) is 2.85. The monoisotopic (exact) mass is 248 g/mol. The second-order valence-electron chi connectivity index (χ2n) is 4.69. The van der Waals surface area contributed by atoms with Gasteiger partial charge in [-0.25, -0.2) is 0 Å². The Morgan fingerprint density at radius 1 is 1.38 bits per heavy atom. The predicted octanol–water partition coefficient (Wildman–Crippen LogP) is 0.295. The first-order valence-electron chi connectivity index (χ1n) is 5.94. The summed E-state index contributed by atoms with van der Waals surface area (Å²) in [7, 11) is 0. The fraction of sp³-hybridized carbons (Fsp3) is 0.909. The van der Waals surface area contributed by atoms with Crippen LogP contribution in [-0.2, 0) is 4.79 Å². The SMILES string of the molecule is Cl.O=C(NCC1CCCC1O)[C@H]1CCNC1. The molecular weight excluding hydrogens is 228 g/mol. The number of rotatable bonds is 3. The van der Waals surface area contributed by atoms with Gasteiger partial charge >= 0.3 is 0 Å². The number of amides is 1. The molecule has 2 unspecified atom stereocenters. The van der Waals surface area contributed by atoms with Crippen LogP contribution in [0.15, 0.2) is 0 Å². The molecule has 94 valence electrons. The summed E-state index contributed by atoms with van der Waals surface area (Å²) in [5.41, 5.74) is 0. The lowest BCUT2D eigenvalue weighted by Gasteiger charge is -2.16. The molecule has 0 bridgehead atoms. The van der Waals surface area contributed by atoms with Crippen molar-refractivity contribution in [2.75, 3.05) is 19.6 Å². The van der Waals surface area contributed by atoms with Gasteiger partial charge in [0, 0.05) is 19.0 Å². The van der Waals surface area contributed by atoms with Gasteiger partial charge < -0.3 is 15.7 Å². The second-order valence-corrected chi connectivity index (χ2v) is 4.69. The Kier molecular flexibility index (Phi) is 5.52. The maximum absolute atomic E-state index is 11.7. The molecule has 3 N–H and O–H groups in total. The zero-order chi connectivity index (χ0) is 10.7. The highest BCUT2D eigenvalue weighted by atomic mass is 35.5. The Hall–Kier alpha value is -0.320. The number of carbonyl (C=O) groups is 1. The molecule has 1 heterocycles. The van der Waals surface area contributed by atoms with Gasteiger partial charge in [-0.3, -0.25) is 4.79 Å². The van der Waals surface area contributed by atoms with E-state index in [9.17, 15) is 9.90 Å². The number of carbonyl (C=O) groups excluding carboxylic acids is 1. The topological polar surface area (TPSA) is 61.4 Å². The predicted molar refractivity (Wildman–Crippen MR) is 64.6 cm³/mol. The molecule has 1 aliphatic carbocycles. The molecule has 2 aliphatic rings. The van der Waals surface area contributed by atoms with Crippen LogP contribution in [0.5, 0.6) is 0 Å². The largest absolute Gasteiger partial charge is 0.393 e. The molecular formula is C11H21ClN2O2. The summed E-state index contributed by atoms with van der Waals surface area (Å²) in [6.07, 6.45) is 3.77. The highest BCUT2D eigenvalue weighted by Gasteiger charge is 2.27. The van der Waals surface area contributed by atoms with E-state index in [4.69, 9.17) is 0 Å². The molecule has 0 aromatic heterocycles. The van der Waals surface area contributed by atoms with Crippen molar-refractivity contribution in [3.05, 3.63) is 0 Å². The Bertz CT molecular complexity index is 232.